The van der Waals surface area contributed by atoms with Crippen LogP contribution in [0.15, 0.2) is 29.6 Å². The van der Waals surface area contributed by atoms with Crippen LogP contribution in [-0.2, 0) is 4.79 Å². The van der Waals surface area contributed by atoms with Crippen molar-refractivity contribution < 1.29 is 19.8 Å². The molecule has 1 aromatic carbocycles. The molecule has 19 heavy (non-hydrogen) atoms. The second-order valence-corrected chi connectivity index (χ2v) is 4.96. The van der Waals surface area contributed by atoms with Crippen LogP contribution in [-0.4, -0.2) is 34.7 Å². The number of aliphatic hydroxyl groups excluding tert-OH is 1. The van der Waals surface area contributed by atoms with Gasteiger partial charge in [0.25, 0.3) is 5.91 Å². The molecule has 0 saturated heterocycles. The third-order valence-electron chi connectivity index (χ3n) is 2.71. The lowest BCUT2D eigenvalue weighted by molar-refractivity contribution is -0.146. The topological polar surface area (TPSA) is 86.6 Å². The molecule has 5 nitrogen and oxygen atoms in total. The molecule has 1 heterocycles. The Morgan fingerprint density at radius 1 is 1.32 bits per heavy atom. The number of carboxylic acid groups (broad SMARTS) is 1. The van der Waals surface area contributed by atoms with Crippen molar-refractivity contribution in [3.63, 3.8) is 0 Å². The van der Waals surface area contributed by atoms with Crippen LogP contribution in [0, 0.1) is 0 Å². The summed E-state index contributed by atoms with van der Waals surface area (Å²) in [5.41, 5.74) is 0.574. The fraction of sp³-hybridized carbons (Fsp3) is 0.231. The highest BCUT2D eigenvalue weighted by Crippen LogP contribution is 2.25. The number of hydrogen-bond acceptors (Lipinski definition) is 4. The zero-order chi connectivity index (χ0) is 13.8. The van der Waals surface area contributed by atoms with E-state index in [0.717, 1.165) is 10.1 Å². The molecule has 6 heteroatoms. The smallest absolute Gasteiger partial charge is 0.332 e. The number of thiophene rings is 1. The number of carbonyl (C=O) groups is 2. The molecule has 2 rings (SSSR count). The summed E-state index contributed by atoms with van der Waals surface area (Å²) in [6.07, 6.45) is -1.46. The largest absolute Gasteiger partial charge is 0.479 e. The van der Waals surface area contributed by atoms with Gasteiger partial charge in [-0.3, -0.25) is 4.79 Å². The normalized spacial score (nSPS) is 12.3. The fourth-order valence-electron chi connectivity index (χ4n) is 1.69. The van der Waals surface area contributed by atoms with Crippen molar-refractivity contribution in [2.45, 2.75) is 12.5 Å². The second-order valence-electron chi connectivity index (χ2n) is 4.04. The van der Waals surface area contributed by atoms with Gasteiger partial charge in [0.15, 0.2) is 6.10 Å². The molecule has 1 aromatic heterocycles. The quantitative estimate of drug-likeness (QED) is 0.773. The molecule has 0 aliphatic carbocycles. The number of nitrogens with one attached hydrogen (secondary N) is 1. The van der Waals surface area contributed by atoms with Gasteiger partial charge in [0, 0.05) is 28.4 Å². The van der Waals surface area contributed by atoms with Crippen LogP contribution < -0.4 is 5.32 Å². The molecule has 0 spiro atoms. The van der Waals surface area contributed by atoms with Gasteiger partial charge in [0.1, 0.15) is 0 Å². The van der Waals surface area contributed by atoms with E-state index in [4.69, 9.17) is 10.2 Å². The first-order chi connectivity index (χ1) is 9.09. The second kappa shape index (κ2) is 5.81. The molecule has 0 unspecified atom stereocenters. The van der Waals surface area contributed by atoms with Gasteiger partial charge in [-0.15, -0.1) is 11.3 Å². The van der Waals surface area contributed by atoms with E-state index in [9.17, 15) is 9.59 Å². The first-order valence-electron chi connectivity index (χ1n) is 5.75. The Bertz CT molecular complexity index is 607. The fourth-order valence-corrected chi connectivity index (χ4v) is 2.64. The maximum atomic E-state index is 11.9. The summed E-state index contributed by atoms with van der Waals surface area (Å²) in [6.45, 7) is 0.122. The summed E-state index contributed by atoms with van der Waals surface area (Å²) in [7, 11) is 0. The van der Waals surface area contributed by atoms with Gasteiger partial charge >= 0.3 is 5.97 Å². The number of carbonyl (C=O) groups excluding carboxylic acids is 1. The Morgan fingerprint density at radius 3 is 2.79 bits per heavy atom. The highest BCUT2D eigenvalue weighted by Gasteiger charge is 2.15. The Kier molecular flexibility index (Phi) is 4.13. The Labute approximate surface area is 113 Å². The van der Waals surface area contributed by atoms with E-state index >= 15 is 0 Å². The van der Waals surface area contributed by atoms with Gasteiger partial charge in [-0.1, -0.05) is 18.2 Å². The van der Waals surface area contributed by atoms with E-state index in [1.54, 1.807) is 5.38 Å². The number of amides is 1. The molecule has 2 aromatic rings. The van der Waals surface area contributed by atoms with Gasteiger partial charge < -0.3 is 15.5 Å². The van der Waals surface area contributed by atoms with Crippen molar-refractivity contribution in [2.75, 3.05) is 6.54 Å². The summed E-state index contributed by atoms with van der Waals surface area (Å²) < 4.78 is 1.03. The Balaban J connectivity index is 1.99. The van der Waals surface area contributed by atoms with Crippen LogP contribution in [0.5, 0.6) is 0 Å². The van der Waals surface area contributed by atoms with Crippen LogP contribution in [0.2, 0.25) is 0 Å². The van der Waals surface area contributed by atoms with Gasteiger partial charge in [-0.05, 0) is 6.07 Å². The maximum absolute atomic E-state index is 11.9. The van der Waals surface area contributed by atoms with Crippen molar-refractivity contribution >= 4 is 33.3 Å². The zero-order valence-corrected chi connectivity index (χ0v) is 10.8. The minimum atomic E-state index is -1.44. The SMILES string of the molecule is O=C(NCC[C@H](O)C(=O)O)c1csc2ccccc12. The molecule has 0 fully saturated rings. The number of aliphatic hydroxyl groups is 1. The number of benzene rings is 1. The van der Waals surface area contributed by atoms with Crippen molar-refractivity contribution in [1.82, 2.24) is 5.32 Å². The van der Waals surface area contributed by atoms with Crippen LogP contribution >= 0.6 is 11.3 Å². The van der Waals surface area contributed by atoms with Crippen LogP contribution in [0.1, 0.15) is 16.8 Å². The zero-order valence-electron chi connectivity index (χ0n) is 10.00. The number of rotatable bonds is 5. The third-order valence-corrected chi connectivity index (χ3v) is 3.68. The monoisotopic (exact) mass is 279 g/mol. The molecule has 0 saturated carbocycles. The molecule has 1 atom stereocenters. The summed E-state index contributed by atoms with van der Waals surface area (Å²) in [6, 6.07) is 7.57. The number of hydrogen-bond donors (Lipinski definition) is 3. The first-order valence-corrected chi connectivity index (χ1v) is 6.63. The molecule has 0 aliphatic rings. The highest BCUT2D eigenvalue weighted by atomic mass is 32.1. The van der Waals surface area contributed by atoms with Crippen molar-refractivity contribution in [3.05, 3.63) is 35.2 Å². The Hall–Kier alpha value is -1.92. The molecule has 1 amide bonds. The van der Waals surface area contributed by atoms with Gasteiger partial charge in [0.05, 0.1) is 5.56 Å². The van der Waals surface area contributed by atoms with Crippen molar-refractivity contribution in [1.29, 1.82) is 0 Å². The van der Waals surface area contributed by atoms with Crippen molar-refractivity contribution in [2.24, 2.45) is 0 Å². The van der Waals surface area contributed by atoms with E-state index in [2.05, 4.69) is 5.32 Å². The lowest BCUT2D eigenvalue weighted by Gasteiger charge is -2.06. The molecule has 0 aliphatic heterocycles. The van der Waals surface area contributed by atoms with Crippen LogP contribution in [0.4, 0.5) is 0 Å². The van der Waals surface area contributed by atoms with Gasteiger partial charge in [0.2, 0.25) is 0 Å². The highest BCUT2D eigenvalue weighted by molar-refractivity contribution is 7.17. The average molecular weight is 279 g/mol. The predicted octanol–water partition coefficient (Wildman–Crippen LogP) is 1.47. The third kappa shape index (κ3) is 3.10. The molecule has 0 bridgehead atoms. The average Bonchev–Trinajstić information content (AvgIpc) is 2.82. The summed E-state index contributed by atoms with van der Waals surface area (Å²) >= 11 is 1.48. The summed E-state index contributed by atoms with van der Waals surface area (Å²) in [5.74, 6) is -1.54. The number of aliphatic carboxylic acids is 1. The van der Waals surface area contributed by atoms with E-state index in [-0.39, 0.29) is 18.9 Å². The minimum absolute atomic E-state index is 0.0108. The lowest BCUT2D eigenvalue weighted by Crippen LogP contribution is -2.29. The Morgan fingerprint density at radius 2 is 2.05 bits per heavy atom. The maximum Gasteiger partial charge on any atom is 0.332 e. The van der Waals surface area contributed by atoms with Gasteiger partial charge in [-0.25, -0.2) is 4.79 Å². The van der Waals surface area contributed by atoms with E-state index in [1.165, 1.54) is 11.3 Å². The molecular weight excluding hydrogens is 266 g/mol. The molecular formula is C13H13NO4S. The van der Waals surface area contributed by atoms with E-state index in [1.807, 2.05) is 24.3 Å². The summed E-state index contributed by atoms with van der Waals surface area (Å²) in [5, 5.41) is 22.9. The van der Waals surface area contributed by atoms with E-state index < -0.39 is 12.1 Å². The van der Waals surface area contributed by atoms with Crippen LogP contribution in [0.3, 0.4) is 0 Å². The van der Waals surface area contributed by atoms with Gasteiger partial charge in [-0.2, -0.15) is 0 Å². The predicted molar refractivity (Wildman–Crippen MR) is 72.4 cm³/mol. The van der Waals surface area contributed by atoms with Crippen molar-refractivity contribution in [3.8, 4) is 0 Å². The first kappa shape index (κ1) is 13.5. The molecule has 0 radical (unpaired) electrons. The number of fused-ring (bicyclic) bond motifs is 1. The van der Waals surface area contributed by atoms with E-state index in [0.29, 0.717) is 5.56 Å². The van der Waals surface area contributed by atoms with Crippen LogP contribution in [0.25, 0.3) is 10.1 Å². The molecule has 3 N–H and O–H groups in total. The molecule has 100 valence electrons. The standard InChI is InChI=1S/C13H13NO4S/c15-10(13(17)18)5-6-14-12(16)9-7-19-11-4-2-1-3-8(9)11/h1-4,7,10,15H,5-6H2,(H,14,16)(H,17,18)/t10-/m0/s1. The minimum Gasteiger partial charge on any atom is -0.479 e. The lowest BCUT2D eigenvalue weighted by atomic mass is 10.1. The summed E-state index contributed by atoms with van der Waals surface area (Å²) in [4.78, 5) is 22.4. The number of carboxylic acids is 1.